The zero-order chi connectivity index (χ0) is 10.7. The summed E-state index contributed by atoms with van der Waals surface area (Å²) in [6.07, 6.45) is 11.2. The summed E-state index contributed by atoms with van der Waals surface area (Å²) in [5.41, 5.74) is 0. The Kier molecular flexibility index (Phi) is 3.79. The molecule has 15 heavy (non-hydrogen) atoms. The van der Waals surface area contributed by atoms with Gasteiger partial charge < -0.3 is 4.90 Å². The van der Waals surface area contributed by atoms with Crippen molar-refractivity contribution in [3.05, 3.63) is 12.7 Å². The summed E-state index contributed by atoms with van der Waals surface area (Å²) < 4.78 is 0. The van der Waals surface area contributed by atoms with E-state index < -0.39 is 0 Å². The van der Waals surface area contributed by atoms with Crippen molar-refractivity contribution in [2.45, 2.75) is 51.0 Å². The first-order valence-electron chi connectivity index (χ1n) is 6.23. The first-order chi connectivity index (χ1) is 7.33. The fraction of sp³-hybridized carbons (Fsp3) is 0.769. The van der Waals surface area contributed by atoms with Crippen molar-refractivity contribution < 1.29 is 0 Å². The summed E-state index contributed by atoms with van der Waals surface area (Å²) in [4.78, 5) is 3.63. The lowest BCUT2D eigenvalue weighted by Crippen LogP contribution is -2.48. The number of thiocarbonyl (C=S) groups is 1. The highest BCUT2D eigenvalue weighted by atomic mass is 32.1. The van der Waals surface area contributed by atoms with Crippen LogP contribution in [0, 0.1) is 5.92 Å². The number of rotatable bonds is 2. The molecule has 2 fully saturated rings. The van der Waals surface area contributed by atoms with Crippen LogP contribution in [0.4, 0.5) is 0 Å². The fourth-order valence-electron chi connectivity index (χ4n) is 3.18. The van der Waals surface area contributed by atoms with E-state index in [-0.39, 0.29) is 0 Å². The van der Waals surface area contributed by atoms with E-state index in [0.717, 1.165) is 23.4 Å². The minimum Gasteiger partial charge on any atom is -0.363 e. The van der Waals surface area contributed by atoms with Gasteiger partial charge in [0.05, 0.1) is 4.99 Å². The molecule has 1 nitrogen and oxygen atoms in total. The van der Waals surface area contributed by atoms with Crippen molar-refractivity contribution in [3.8, 4) is 0 Å². The molecule has 0 aromatic heterocycles. The number of likely N-dealkylation sites (tertiary alicyclic amines) is 1. The lowest BCUT2D eigenvalue weighted by molar-refractivity contribution is 0.120. The van der Waals surface area contributed by atoms with Gasteiger partial charge in [0.2, 0.25) is 0 Å². The van der Waals surface area contributed by atoms with Crippen molar-refractivity contribution >= 4 is 17.2 Å². The first kappa shape index (κ1) is 11.1. The Morgan fingerprint density at radius 1 is 1.27 bits per heavy atom. The zero-order valence-electron chi connectivity index (χ0n) is 9.45. The van der Waals surface area contributed by atoms with Crippen molar-refractivity contribution in [2.75, 3.05) is 6.54 Å². The van der Waals surface area contributed by atoms with Gasteiger partial charge in [-0.1, -0.05) is 31.1 Å². The van der Waals surface area contributed by atoms with Crippen molar-refractivity contribution in [2.24, 2.45) is 5.92 Å². The van der Waals surface area contributed by atoms with Crippen LogP contribution in [-0.2, 0) is 0 Å². The molecule has 0 N–H and O–H groups in total. The molecular weight excluding hydrogens is 202 g/mol. The highest BCUT2D eigenvalue weighted by Gasteiger charge is 2.33. The van der Waals surface area contributed by atoms with Crippen LogP contribution in [0.3, 0.4) is 0 Å². The number of fused-ring (bicyclic) bond motifs is 1. The van der Waals surface area contributed by atoms with Gasteiger partial charge in [0.15, 0.2) is 0 Å². The molecule has 0 unspecified atom stereocenters. The maximum atomic E-state index is 5.50. The van der Waals surface area contributed by atoms with Crippen LogP contribution in [0.1, 0.15) is 44.9 Å². The van der Waals surface area contributed by atoms with Gasteiger partial charge >= 0.3 is 0 Å². The molecule has 1 saturated carbocycles. The molecule has 0 aromatic rings. The number of hydrogen-bond acceptors (Lipinski definition) is 1. The molecule has 0 spiro atoms. The van der Waals surface area contributed by atoms with Crippen molar-refractivity contribution in [1.82, 2.24) is 4.90 Å². The molecular formula is C13H21NS. The fourth-order valence-corrected chi connectivity index (χ4v) is 3.52. The van der Waals surface area contributed by atoms with E-state index in [4.69, 9.17) is 12.2 Å². The minimum atomic E-state index is 0.764. The summed E-state index contributed by atoms with van der Waals surface area (Å²) in [6.45, 7) is 4.97. The van der Waals surface area contributed by atoms with Crippen LogP contribution >= 0.6 is 12.2 Å². The van der Waals surface area contributed by atoms with Crippen LogP contribution in [0.25, 0.3) is 0 Å². The molecule has 0 amide bonds. The molecule has 84 valence electrons. The van der Waals surface area contributed by atoms with Crippen LogP contribution in [-0.4, -0.2) is 22.5 Å². The maximum absolute atomic E-state index is 5.50. The molecule has 1 aliphatic heterocycles. The topological polar surface area (TPSA) is 3.24 Å². The lowest BCUT2D eigenvalue weighted by Gasteiger charge is -2.45. The molecule has 2 aliphatic rings. The van der Waals surface area contributed by atoms with Gasteiger partial charge in [-0.2, -0.15) is 0 Å². The average molecular weight is 223 g/mol. The maximum Gasteiger partial charge on any atom is 0.0819 e. The van der Waals surface area contributed by atoms with Gasteiger partial charge in [0, 0.05) is 19.0 Å². The van der Waals surface area contributed by atoms with Crippen LogP contribution < -0.4 is 0 Å². The quantitative estimate of drug-likeness (QED) is 0.520. The van der Waals surface area contributed by atoms with Gasteiger partial charge in [-0.05, 0) is 31.6 Å². The monoisotopic (exact) mass is 223 g/mol. The Morgan fingerprint density at radius 2 is 2.00 bits per heavy atom. The van der Waals surface area contributed by atoms with E-state index in [9.17, 15) is 0 Å². The van der Waals surface area contributed by atoms with Gasteiger partial charge in [-0.25, -0.2) is 0 Å². The first-order valence-corrected chi connectivity index (χ1v) is 6.64. The van der Waals surface area contributed by atoms with E-state index in [0.29, 0.717) is 0 Å². The van der Waals surface area contributed by atoms with Crippen molar-refractivity contribution in [1.29, 1.82) is 0 Å². The summed E-state index contributed by atoms with van der Waals surface area (Å²) in [7, 11) is 0. The average Bonchev–Trinajstić information content (AvgIpc) is 2.28. The van der Waals surface area contributed by atoms with Crippen LogP contribution in [0.15, 0.2) is 12.7 Å². The van der Waals surface area contributed by atoms with E-state index in [1.54, 1.807) is 0 Å². The lowest BCUT2D eigenvalue weighted by atomic mass is 9.78. The normalized spacial score (nSPS) is 30.8. The Balaban J connectivity index is 2.02. The van der Waals surface area contributed by atoms with Crippen LogP contribution in [0.5, 0.6) is 0 Å². The third-order valence-electron chi connectivity index (χ3n) is 3.88. The predicted octanol–water partition coefficient (Wildman–Crippen LogP) is 3.54. The van der Waals surface area contributed by atoms with Gasteiger partial charge in [0.25, 0.3) is 0 Å². The highest BCUT2D eigenvalue weighted by Crippen LogP contribution is 2.35. The SMILES string of the molecule is C=CCC(=S)N1CCC[C@H]2CCCC[C@@H]21. The minimum absolute atomic E-state index is 0.764. The van der Waals surface area contributed by atoms with E-state index in [1.165, 1.54) is 45.1 Å². The van der Waals surface area contributed by atoms with Gasteiger partial charge in [-0.3, -0.25) is 0 Å². The predicted molar refractivity (Wildman–Crippen MR) is 69.1 cm³/mol. The van der Waals surface area contributed by atoms with E-state index in [2.05, 4.69) is 11.5 Å². The second kappa shape index (κ2) is 5.11. The third kappa shape index (κ3) is 2.41. The Morgan fingerprint density at radius 3 is 2.80 bits per heavy atom. The molecule has 0 bridgehead atoms. The van der Waals surface area contributed by atoms with E-state index >= 15 is 0 Å². The summed E-state index contributed by atoms with van der Waals surface area (Å²) >= 11 is 5.50. The molecule has 0 radical (unpaired) electrons. The van der Waals surface area contributed by atoms with Crippen molar-refractivity contribution in [3.63, 3.8) is 0 Å². The zero-order valence-corrected chi connectivity index (χ0v) is 10.3. The highest BCUT2D eigenvalue weighted by molar-refractivity contribution is 7.80. The summed E-state index contributed by atoms with van der Waals surface area (Å²) in [5, 5.41) is 0. The number of nitrogens with zero attached hydrogens (tertiary/aromatic N) is 1. The van der Waals surface area contributed by atoms with Gasteiger partial charge in [-0.15, -0.1) is 6.58 Å². The molecule has 1 saturated heterocycles. The molecule has 2 atom stereocenters. The molecule has 1 aliphatic carbocycles. The second-order valence-corrected chi connectivity index (χ2v) is 5.31. The largest absolute Gasteiger partial charge is 0.363 e. The standard InChI is InChI=1S/C13H21NS/c1-2-6-13(15)14-10-5-8-11-7-3-4-9-12(11)14/h2,11-12H,1,3-10H2/t11-,12+/m1/s1. The Hall–Kier alpha value is -0.370. The molecule has 2 rings (SSSR count). The van der Waals surface area contributed by atoms with Crippen LogP contribution in [0.2, 0.25) is 0 Å². The number of piperidine rings is 1. The van der Waals surface area contributed by atoms with Gasteiger partial charge in [0.1, 0.15) is 0 Å². The summed E-state index contributed by atoms with van der Waals surface area (Å²) in [6, 6.07) is 0.764. The second-order valence-electron chi connectivity index (χ2n) is 4.83. The Bertz CT molecular complexity index is 247. The Labute approximate surface area is 98.5 Å². The van der Waals surface area contributed by atoms with E-state index in [1.807, 2.05) is 6.08 Å². The number of hydrogen-bond donors (Lipinski definition) is 0. The molecule has 2 heteroatoms. The molecule has 1 heterocycles. The third-order valence-corrected chi connectivity index (χ3v) is 4.28. The smallest absolute Gasteiger partial charge is 0.0819 e. The molecule has 0 aromatic carbocycles. The summed E-state index contributed by atoms with van der Waals surface area (Å²) in [5.74, 6) is 0.926.